The van der Waals surface area contributed by atoms with Crippen LogP contribution in [0.3, 0.4) is 0 Å². The van der Waals surface area contributed by atoms with Crippen LogP contribution in [0.1, 0.15) is 48.4 Å². The maximum Gasteiger partial charge on any atom is 0.274 e. The molecule has 11 nitrogen and oxygen atoms in total. The van der Waals surface area contributed by atoms with Crippen molar-refractivity contribution in [1.82, 2.24) is 34.3 Å². The minimum atomic E-state index is -0.520. The molecule has 2 N–H and O–H groups in total. The first-order valence-corrected chi connectivity index (χ1v) is 11.6. The molecule has 0 radical (unpaired) electrons. The van der Waals surface area contributed by atoms with Crippen LogP contribution in [0.5, 0.6) is 11.6 Å². The van der Waals surface area contributed by atoms with Gasteiger partial charge < -0.3 is 20.1 Å². The average molecular weight is 481 g/mol. The topological polar surface area (TPSA) is 126 Å². The van der Waals surface area contributed by atoms with E-state index in [1.54, 1.807) is 10.7 Å². The third-order valence-corrected chi connectivity index (χ3v) is 6.82. The SMILES string of the molecule is COc1cc2nc(N)n3nc([C@@H]4CC[C@H](C)N(C(=O)c5cc6n(n5)CCCO6)C4)nc3c2cc1F. The number of halogens is 1. The van der Waals surface area contributed by atoms with Crippen molar-refractivity contribution in [1.29, 1.82) is 0 Å². The highest BCUT2D eigenvalue weighted by Crippen LogP contribution is 2.32. The summed E-state index contributed by atoms with van der Waals surface area (Å²) in [4.78, 5) is 24.2. The second-order valence-electron chi connectivity index (χ2n) is 9.05. The number of aryl methyl sites for hydroxylation is 1. The second kappa shape index (κ2) is 8.07. The normalized spacial score (nSPS) is 20.1. The molecule has 12 heteroatoms. The minimum Gasteiger partial charge on any atom is -0.494 e. The minimum absolute atomic E-state index is 0.0459. The number of anilines is 1. The number of methoxy groups -OCH3 is 1. The number of hydrogen-bond donors (Lipinski definition) is 1. The van der Waals surface area contributed by atoms with Crippen LogP contribution in [0.15, 0.2) is 18.2 Å². The zero-order chi connectivity index (χ0) is 24.3. The second-order valence-corrected chi connectivity index (χ2v) is 9.05. The lowest BCUT2D eigenvalue weighted by Gasteiger charge is -2.36. The molecule has 182 valence electrons. The number of nitrogens with two attached hydrogens (primary N) is 1. The number of carbonyl (C=O) groups is 1. The molecule has 0 unspecified atom stereocenters. The molecule has 1 fully saturated rings. The van der Waals surface area contributed by atoms with Crippen molar-refractivity contribution in [2.45, 2.75) is 44.7 Å². The zero-order valence-electron chi connectivity index (χ0n) is 19.4. The first kappa shape index (κ1) is 21.6. The molecular weight excluding hydrogens is 455 g/mol. The Balaban J connectivity index is 1.33. The first-order valence-electron chi connectivity index (χ1n) is 11.6. The molecular formula is C23H25FN8O3. The van der Waals surface area contributed by atoms with Crippen LogP contribution >= 0.6 is 0 Å². The van der Waals surface area contributed by atoms with E-state index >= 15 is 0 Å². The Bertz CT molecular complexity index is 1440. The number of nitrogens with zero attached hydrogens (tertiary/aromatic N) is 7. The average Bonchev–Trinajstić information content (AvgIpc) is 3.50. The number of nitrogen functional groups attached to an aromatic ring is 1. The number of likely N-dealkylation sites (tertiary alicyclic amines) is 1. The fourth-order valence-electron chi connectivity index (χ4n) is 4.90. The summed E-state index contributed by atoms with van der Waals surface area (Å²) in [7, 11) is 1.39. The van der Waals surface area contributed by atoms with E-state index in [-0.39, 0.29) is 29.6 Å². The van der Waals surface area contributed by atoms with Crippen molar-refractivity contribution in [3.8, 4) is 11.6 Å². The van der Waals surface area contributed by atoms with Gasteiger partial charge in [0.2, 0.25) is 11.8 Å². The summed E-state index contributed by atoms with van der Waals surface area (Å²) >= 11 is 0. The Labute approximate surface area is 199 Å². The van der Waals surface area contributed by atoms with Crippen molar-refractivity contribution in [2.24, 2.45) is 0 Å². The van der Waals surface area contributed by atoms with E-state index in [1.165, 1.54) is 23.8 Å². The molecule has 0 saturated carbocycles. The summed E-state index contributed by atoms with van der Waals surface area (Å²) in [6, 6.07) is 4.58. The molecule has 2 aliphatic rings. The first-order chi connectivity index (χ1) is 16.9. The molecule has 5 heterocycles. The lowest BCUT2D eigenvalue weighted by molar-refractivity contribution is 0.0599. The Morgan fingerprint density at radius 1 is 1.23 bits per heavy atom. The van der Waals surface area contributed by atoms with Gasteiger partial charge in [0.15, 0.2) is 28.7 Å². The highest BCUT2D eigenvalue weighted by Gasteiger charge is 2.34. The number of ether oxygens (including phenoxy) is 2. The largest absolute Gasteiger partial charge is 0.494 e. The standard InChI is InChI=1S/C23H25FN8O3/c1-12-4-5-13(11-30(12)22(33)17-10-19-31(28-17)6-3-7-35-19)20-27-21-14-8-15(24)18(34-2)9-16(14)26-23(25)32(21)29-20/h8-10,12-13H,3-7,11H2,1-2H3,(H2,25,26)/t12-,13+/m0/s1. The van der Waals surface area contributed by atoms with E-state index < -0.39 is 5.82 Å². The van der Waals surface area contributed by atoms with Crippen molar-refractivity contribution in [3.05, 3.63) is 35.5 Å². The maximum absolute atomic E-state index is 14.4. The van der Waals surface area contributed by atoms with Crippen LogP contribution in [0.2, 0.25) is 0 Å². The number of piperidine rings is 1. The van der Waals surface area contributed by atoms with E-state index in [0.717, 1.165) is 25.8 Å². The van der Waals surface area contributed by atoms with Crippen molar-refractivity contribution in [2.75, 3.05) is 26.0 Å². The number of carbonyl (C=O) groups excluding carboxylic acids is 1. The highest BCUT2D eigenvalue weighted by molar-refractivity contribution is 5.94. The third kappa shape index (κ3) is 3.51. The van der Waals surface area contributed by atoms with Crippen molar-refractivity contribution >= 4 is 28.4 Å². The summed E-state index contributed by atoms with van der Waals surface area (Å²) in [5.74, 6) is 0.614. The van der Waals surface area contributed by atoms with Gasteiger partial charge in [-0.15, -0.1) is 5.10 Å². The third-order valence-electron chi connectivity index (χ3n) is 6.82. The Kier molecular flexibility index (Phi) is 4.97. The number of benzene rings is 1. The molecule has 1 saturated heterocycles. The van der Waals surface area contributed by atoms with Gasteiger partial charge in [-0.25, -0.2) is 19.0 Å². The summed E-state index contributed by atoms with van der Waals surface area (Å²) < 4.78 is 28.3. The van der Waals surface area contributed by atoms with Gasteiger partial charge in [0.05, 0.1) is 19.2 Å². The molecule has 4 aromatic rings. The molecule has 1 amide bonds. The number of amides is 1. The predicted molar refractivity (Wildman–Crippen MR) is 124 cm³/mol. The fraction of sp³-hybridized carbons (Fsp3) is 0.435. The monoisotopic (exact) mass is 480 g/mol. The number of fused-ring (bicyclic) bond motifs is 4. The lowest BCUT2D eigenvalue weighted by atomic mass is 9.92. The Morgan fingerprint density at radius 3 is 2.89 bits per heavy atom. The van der Waals surface area contributed by atoms with E-state index in [4.69, 9.17) is 20.2 Å². The summed E-state index contributed by atoms with van der Waals surface area (Å²) in [5, 5.41) is 9.53. The molecule has 0 aliphatic carbocycles. The van der Waals surface area contributed by atoms with Crippen LogP contribution in [-0.2, 0) is 6.54 Å². The van der Waals surface area contributed by atoms with Crippen LogP contribution in [0, 0.1) is 5.82 Å². The summed E-state index contributed by atoms with van der Waals surface area (Å²) in [6.45, 7) is 3.84. The fourth-order valence-corrected chi connectivity index (χ4v) is 4.90. The van der Waals surface area contributed by atoms with Crippen LogP contribution in [0.4, 0.5) is 10.3 Å². The number of hydrogen-bond acceptors (Lipinski definition) is 8. The zero-order valence-corrected chi connectivity index (χ0v) is 19.4. The summed E-state index contributed by atoms with van der Waals surface area (Å²) in [6.07, 6.45) is 2.46. The van der Waals surface area contributed by atoms with Gasteiger partial charge in [-0.05, 0) is 25.8 Å². The van der Waals surface area contributed by atoms with Crippen molar-refractivity contribution < 1.29 is 18.7 Å². The van der Waals surface area contributed by atoms with Crippen molar-refractivity contribution in [3.63, 3.8) is 0 Å². The van der Waals surface area contributed by atoms with Crippen LogP contribution in [-0.4, -0.2) is 66.5 Å². The quantitative estimate of drug-likeness (QED) is 0.474. The van der Waals surface area contributed by atoms with E-state index in [1.807, 2.05) is 11.8 Å². The molecule has 0 bridgehead atoms. The molecule has 2 aliphatic heterocycles. The summed E-state index contributed by atoms with van der Waals surface area (Å²) in [5.41, 5.74) is 7.40. The predicted octanol–water partition coefficient (Wildman–Crippen LogP) is 2.39. The smallest absolute Gasteiger partial charge is 0.274 e. The van der Waals surface area contributed by atoms with Gasteiger partial charge in [0.1, 0.15) is 0 Å². The number of aromatic nitrogens is 6. The van der Waals surface area contributed by atoms with E-state index in [2.05, 4.69) is 15.2 Å². The highest BCUT2D eigenvalue weighted by atomic mass is 19.1. The van der Waals surface area contributed by atoms with E-state index in [0.29, 0.717) is 47.1 Å². The van der Waals surface area contributed by atoms with Gasteiger partial charge in [0, 0.05) is 49.0 Å². The van der Waals surface area contributed by atoms with Gasteiger partial charge in [0.25, 0.3) is 5.91 Å². The van der Waals surface area contributed by atoms with E-state index in [9.17, 15) is 9.18 Å². The maximum atomic E-state index is 14.4. The van der Waals surface area contributed by atoms with Gasteiger partial charge >= 0.3 is 0 Å². The molecule has 1 aromatic carbocycles. The molecule has 2 atom stereocenters. The molecule has 6 rings (SSSR count). The van der Waals surface area contributed by atoms with Crippen LogP contribution in [0.25, 0.3) is 16.6 Å². The van der Waals surface area contributed by atoms with Gasteiger partial charge in [-0.3, -0.25) is 4.79 Å². The van der Waals surface area contributed by atoms with Gasteiger partial charge in [-0.2, -0.15) is 9.61 Å². The molecule has 35 heavy (non-hydrogen) atoms. The number of rotatable bonds is 3. The van der Waals surface area contributed by atoms with Crippen LogP contribution < -0.4 is 15.2 Å². The lowest BCUT2D eigenvalue weighted by Crippen LogP contribution is -2.45. The molecule has 0 spiro atoms. The molecule has 3 aromatic heterocycles. The Hall–Kier alpha value is -3.96. The Morgan fingerprint density at radius 2 is 2.09 bits per heavy atom. The van der Waals surface area contributed by atoms with Gasteiger partial charge in [-0.1, -0.05) is 0 Å².